The smallest absolute Gasteiger partial charge is 0.238 e. The van der Waals surface area contributed by atoms with Crippen LogP contribution in [-0.4, -0.2) is 65.0 Å². The summed E-state index contributed by atoms with van der Waals surface area (Å²) in [6.45, 7) is 1.48. The Morgan fingerprint density at radius 3 is 2.55 bits per heavy atom. The number of nitrogens with zero attached hydrogens (tertiary/aromatic N) is 3. The molecule has 198 valence electrons. The molecule has 0 aromatic heterocycles. The van der Waals surface area contributed by atoms with Crippen LogP contribution in [0, 0.1) is 5.82 Å². The molecule has 0 spiro atoms. The van der Waals surface area contributed by atoms with Crippen molar-refractivity contribution in [2.45, 2.75) is 12.3 Å². The summed E-state index contributed by atoms with van der Waals surface area (Å²) in [5, 5.41) is 2.78. The summed E-state index contributed by atoms with van der Waals surface area (Å²) in [7, 11) is 0.291. The molecule has 0 aliphatic carbocycles. The van der Waals surface area contributed by atoms with E-state index in [2.05, 4.69) is 5.32 Å². The molecule has 10 heteroatoms. The first-order valence-electron chi connectivity index (χ1n) is 12.3. The van der Waals surface area contributed by atoms with Gasteiger partial charge in [-0.3, -0.25) is 14.1 Å². The number of hydrogen-bond acceptors (Lipinski definition) is 6. The Hall–Kier alpha value is -3.76. The zero-order chi connectivity index (χ0) is 27.0. The van der Waals surface area contributed by atoms with Crippen LogP contribution in [0.5, 0.6) is 5.75 Å². The Balaban J connectivity index is 1.56. The van der Waals surface area contributed by atoms with E-state index in [1.165, 1.54) is 22.7 Å². The molecule has 0 saturated heterocycles. The van der Waals surface area contributed by atoms with Gasteiger partial charge in [0, 0.05) is 25.2 Å². The molecule has 1 N–H and O–H groups in total. The van der Waals surface area contributed by atoms with E-state index in [0.717, 1.165) is 23.3 Å². The lowest BCUT2D eigenvalue weighted by Gasteiger charge is -2.24. The van der Waals surface area contributed by atoms with E-state index in [4.69, 9.17) is 9.73 Å². The number of carbonyl (C=O) groups excluding carboxylic acids is 1. The third-order valence-corrected chi connectivity index (χ3v) is 7.84. The summed E-state index contributed by atoms with van der Waals surface area (Å²) in [4.78, 5) is 20.0. The molecule has 38 heavy (non-hydrogen) atoms. The molecule has 3 aromatic carbocycles. The number of ether oxygens (including phenoxy) is 1. The van der Waals surface area contributed by atoms with Gasteiger partial charge in [0.1, 0.15) is 17.5 Å². The van der Waals surface area contributed by atoms with Gasteiger partial charge in [-0.2, -0.15) is 0 Å². The van der Waals surface area contributed by atoms with Crippen molar-refractivity contribution in [3.05, 3.63) is 83.2 Å². The molecule has 2 heterocycles. The second-order valence-corrected chi connectivity index (χ2v) is 11.6. The molecule has 0 saturated carbocycles. The third kappa shape index (κ3) is 5.27. The minimum atomic E-state index is -3.48. The van der Waals surface area contributed by atoms with Gasteiger partial charge in [-0.25, -0.2) is 12.8 Å². The lowest BCUT2D eigenvalue weighted by Crippen LogP contribution is -2.35. The van der Waals surface area contributed by atoms with E-state index in [1.54, 1.807) is 30.3 Å². The number of halogens is 1. The number of nitrogens with one attached hydrogen (secondary N) is 1. The van der Waals surface area contributed by atoms with Crippen LogP contribution in [0.15, 0.2) is 65.7 Å². The number of benzene rings is 3. The second-order valence-electron chi connectivity index (χ2n) is 9.73. The third-order valence-electron chi connectivity index (χ3n) is 6.64. The SMILES string of the molecule is CN(C)CCN(c1ccc(N=C(c2ccc3c(c2)CCO3)C2C(=O)Nc3cc(F)ccc32)cc1)S(C)(=O)=O. The van der Waals surface area contributed by atoms with Gasteiger partial charge in [0.2, 0.25) is 15.9 Å². The predicted molar refractivity (Wildman–Crippen MR) is 147 cm³/mol. The number of aliphatic imine (C=N–C) groups is 1. The monoisotopic (exact) mass is 536 g/mol. The fourth-order valence-electron chi connectivity index (χ4n) is 4.76. The summed E-state index contributed by atoms with van der Waals surface area (Å²) >= 11 is 0. The molecule has 2 aliphatic rings. The molecular weight excluding hydrogens is 507 g/mol. The summed E-state index contributed by atoms with van der Waals surface area (Å²) in [5.74, 6) is -0.643. The lowest BCUT2D eigenvalue weighted by molar-refractivity contribution is -0.115. The summed E-state index contributed by atoms with van der Waals surface area (Å²) < 4.78 is 45.8. The van der Waals surface area contributed by atoms with Crippen LogP contribution in [0.1, 0.15) is 22.6 Å². The number of likely N-dealkylation sites (N-methyl/N-ethyl adjacent to an activating group) is 1. The normalized spacial score (nSPS) is 16.7. The van der Waals surface area contributed by atoms with Crippen LogP contribution in [0.25, 0.3) is 0 Å². The summed E-state index contributed by atoms with van der Waals surface area (Å²) in [5.41, 5.74) is 4.48. The van der Waals surface area contributed by atoms with Crippen LogP contribution in [0.2, 0.25) is 0 Å². The Labute approximate surface area is 221 Å². The van der Waals surface area contributed by atoms with Gasteiger partial charge in [-0.1, -0.05) is 6.07 Å². The van der Waals surface area contributed by atoms with Gasteiger partial charge in [0.05, 0.1) is 29.9 Å². The quantitative estimate of drug-likeness (QED) is 0.441. The fourth-order valence-corrected chi connectivity index (χ4v) is 5.68. The Kier molecular flexibility index (Phi) is 6.93. The van der Waals surface area contributed by atoms with Crippen molar-refractivity contribution in [3.63, 3.8) is 0 Å². The predicted octanol–water partition coefficient (Wildman–Crippen LogP) is 3.94. The van der Waals surface area contributed by atoms with Crippen molar-refractivity contribution in [1.29, 1.82) is 0 Å². The number of anilines is 2. The average Bonchev–Trinajstić information content (AvgIpc) is 3.45. The first-order chi connectivity index (χ1) is 18.1. The average molecular weight is 537 g/mol. The highest BCUT2D eigenvalue weighted by atomic mass is 32.2. The van der Waals surface area contributed by atoms with Crippen molar-refractivity contribution < 1.29 is 22.3 Å². The molecule has 0 fully saturated rings. The number of fused-ring (bicyclic) bond motifs is 2. The minimum Gasteiger partial charge on any atom is -0.493 e. The highest BCUT2D eigenvalue weighted by Gasteiger charge is 2.36. The molecule has 2 aliphatic heterocycles. The molecular formula is C28H29FN4O4S. The standard InChI is InChI=1S/C28H29FN4O4S/c1-32(2)13-14-33(38(3,35)36)22-8-6-21(7-9-22)30-27(19-4-11-25-18(16-19)12-15-37-25)26-23-10-5-20(29)17-24(23)31-28(26)34/h4-11,16-17,26H,12-15H2,1-3H3,(H,31,34). The molecule has 1 atom stereocenters. The van der Waals surface area contributed by atoms with Crippen molar-refractivity contribution in [1.82, 2.24) is 4.90 Å². The highest BCUT2D eigenvalue weighted by molar-refractivity contribution is 7.92. The minimum absolute atomic E-state index is 0.287. The van der Waals surface area contributed by atoms with Gasteiger partial charge in [0.15, 0.2) is 0 Å². The molecule has 1 amide bonds. The number of hydrogen-bond donors (Lipinski definition) is 1. The molecule has 8 nitrogen and oxygen atoms in total. The van der Waals surface area contributed by atoms with E-state index >= 15 is 0 Å². The topological polar surface area (TPSA) is 91.3 Å². The van der Waals surface area contributed by atoms with Crippen LogP contribution in [0.4, 0.5) is 21.5 Å². The fraction of sp³-hybridized carbons (Fsp3) is 0.286. The summed E-state index contributed by atoms with van der Waals surface area (Å²) in [6, 6.07) is 16.9. The Bertz CT molecular complexity index is 1520. The highest BCUT2D eigenvalue weighted by Crippen LogP contribution is 2.38. The van der Waals surface area contributed by atoms with Crippen LogP contribution < -0.4 is 14.4 Å². The Morgan fingerprint density at radius 2 is 1.84 bits per heavy atom. The number of amides is 1. The molecule has 0 radical (unpaired) electrons. The largest absolute Gasteiger partial charge is 0.493 e. The van der Waals surface area contributed by atoms with E-state index < -0.39 is 21.8 Å². The van der Waals surface area contributed by atoms with Crippen molar-refractivity contribution in [2.75, 3.05) is 49.7 Å². The second kappa shape index (κ2) is 10.2. The van der Waals surface area contributed by atoms with E-state index in [1.807, 2.05) is 37.2 Å². The Morgan fingerprint density at radius 1 is 1.08 bits per heavy atom. The molecule has 0 bridgehead atoms. The van der Waals surface area contributed by atoms with Gasteiger partial charge in [0.25, 0.3) is 0 Å². The van der Waals surface area contributed by atoms with Crippen LogP contribution >= 0.6 is 0 Å². The van der Waals surface area contributed by atoms with Gasteiger partial charge in [-0.15, -0.1) is 0 Å². The lowest BCUT2D eigenvalue weighted by atomic mass is 9.89. The van der Waals surface area contributed by atoms with Gasteiger partial charge < -0.3 is 15.0 Å². The van der Waals surface area contributed by atoms with Gasteiger partial charge >= 0.3 is 0 Å². The van der Waals surface area contributed by atoms with Gasteiger partial charge in [-0.05, 0) is 85.4 Å². The van der Waals surface area contributed by atoms with E-state index in [0.29, 0.717) is 48.0 Å². The van der Waals surface area contributed by atoms with E-state index in [9.17, 15) is 17.6 Å². The van der Waals surface area contributed by atoms with Crippen LogP contribution in [-0.2, 0) is 21.2 Å². The first-order valence-corrected chi connectivity index (χ1v) is 14.1. The maximum atomic E-state index is 13.9. The summed E-state index contributed by atoms with van der Waals surface area (Å²) in [6.07, 6.45) is 1.95. The molecule has 3 aromatic rings. The number of sulfonamides is 1. The van der Waals surface area contributed by atoms with E-state index in [-0.39, 0.29) is 5.91 Å². The number of rotatable bonds is 8. The van der Waals surface area contributed by atoms with Crippen LogP contribution in [0.3, 0.4) is 0 Å². The van der Waals surface area contributed by atoms with Crippen molar-refractivity contribution in [2.24, 2.45) is 4.99 Å². The van der Waals surface area contributed by atoms with Crippen molar-refractivity contribution in [3.8, 4) is 5.75 Å². The molecule has 5 rings (SSSR count). The number of carbonyl (C=O) groups is 1. The van der Waals surface area contributed by atoms with Crippen molar-refractivity contribution >= 4 is 38.7 Å². The zero-order valence-electron chi connectivity index (χ0n) is 21.4. The zero-order valence-corrected chi connectivity index (χ0v) is 22.3. The maximum absolute atomic E-state index is 13.9. The maximum Gasteiger partial charge on any atom is 0.238 e. The first kappa shape index (κ1) is 25.9. The molecule has 1 unspecified atom stereocenters.